The minimum absolute atomic E-state index is 0.0374. The SMILES string of the molecule is CC(=O)N[C@H]1CCCC[C@@H]1N1C(=O)c2ccccc2[C@@H](C(=O)NOCc2ccc(CC(=O)O)cc2)[C@@H]1c1ccc(Cl)cc1Cl. The zero-order chi connectivity index (χ0) is 31.4. The molecule has 11 heteroatoms. The van der Waals surface area contributed by atoms with Crippen LogP contribution in [0, 0.1) is 0 Å². The van der Waals surface area contributed by atoms with E-state index in [4.69, 9.17) is 33.1 Å². The van der Waals surface area contributed by atoms with Crippen LogP contribution in [0.15, 0.2) is 66.7 Å². The molecule has 1 aliphatic heterocycles. The van der Waals surface area contributed by atoms with Crippen LogP contribution in [0.1, 0.15) is 77.2 Å². The molecule has 0 spiro atoms. The molecule has 3 N–H and O–H groups in total. The first-order valence-corrected chi connectivity index (χ1v) is 15.2. The molecular weight excluding hydrogens is 605 g/mol. The molecule has 5 rings (SSSR count). The minimum atomic E-state index is -0.923. The smallest absolute Gasteiger partial charge is 0.307 e. The Bertz CT molecular complexity index is 1560. The Hall–Kier alpha value is -3.92. The highest BCUT2D eigenvalue weighted by molar-refractivity contribution is 6.35. The first-order valence-electron chi connectivity index (χ1n) is 14.5. The number of halogens is 2. The number of fused-ring (bicyclic) bond motifs is 1. The summed E-state index contributed by atoms with van der Waals surface area (Å²) >= 11 is 13.0. The Morgan fingerprint density at radius 1 is 0.955 bits per heavy atom. The number of benzene rings is 3. The molecule has 3 aromatic carbocycles. The first-order chi connectivity index (χ1) is 21.1. The molecule has 1 aliphatic carbocycles. The average Bonchev–Trinajstić information content (AvgIpc) is 2.98. The van der Waals surface area contributed by atoms with Crippen LogP contribution in [-0.4, -0.2) is 45.8 Å². The maximum absolute atomic E-state index is 14.3. The van der Waals surface area contributed by atoms with Crippen molar-refractivity contribution in [2.24, 2.45) is 0 Å². The number of aliphatic carboxylic acids is 1. The van der Waals surface area contributed by atoms with Gasteiger partial charge in [0, 0.05) is 28.6 Å². The van der Waals surface area contributed by atoms with E-state index in [1.54, 1.807) is 71.6 Å². The molecule has 3 aromatic rings. The third kappa shape index (κ3) is 6.90. The lowest BCUT2D eigenvalue weighted by Crippen LogP contribution is -2.59. The van der Waals surface area contributed by atoms with Gasteiger partial charge in [-0.3, -0.25) is 24.0 Å². The molecule has 44 heavy (non-hydrogen) atoms. The fourth-order valence-corrected chi connectivity index (χ4v) is 6.85. The van der Waals surface area contributed by atoms with Gasteiger partial charge in [-0.05, 0) is 53.3 Å². The molecule has 0 aromatic heterocycles. The topological polar surface area (TPSA) is 125 Å². The molecule has 230 valence electrons. The Kier molecular flexibility index (Phi) is 9.88. The number of nitrogens with one attached hydrogen (secondary N) is 2. The van der Waals surface area contributed by atoms with Crippen LogP contribution in [0.3, 0.4) is 0 Å². The summed E-state index contributed by atoms with van der Waals surface area (Å²) in [5.74, 6) is -2.73. The fraction of sp³-hybridized carbons (Fsp3) is 0.333. The second-order valence-corrected chi connectivity index (χ2v) is 12.0. The van der Waals surface area contributed by atoms with Gasteiger partial charge in [0.1, 0.15) is 0 Å². The van der Waals surface area contributed by atoms with E-state index in [2.05, 4.69) is 10.8 Å². The van der Waals surface area contributed by atoms with Crippen molar-refractivity contribution in [2.45, 2.75) is 69.7 Å². The number of hydrogen-bond donors (Lipinski definition) is 3. The van der Waals surface area contributed by atoms with E-state index in [-0.39, 0.29) is 36.9 Å². The number of amides is 3. The molecule has 0 unspecified atom stereocenters. The van der Waals surface area contributed by atoms with Crippen LogP contribution in [-0.2, 0) is 32.2 Å². The number of rotatable bonds is 9. The molecule has 4 atom stereocenters. The lowest BCUT2D eigenvalue weighted by Gasteiger charge is -2.49. The third-order valence-electron chi connectivity index (χ3n) is 8.21. The third-order valence-corrected chi connectivity index (χ3v) is 8.77. The largest absolute Gasteiger partial charge is 0.481 e. The molecule has 1 saturated carbocycles. The molecular formula is C33H33Cl2N3O6. The normalized spacial score (nSPS) is 21.3. The maximum atomic E-state index is 14.3. The second kappa shape index (κ2) is 13.8. The summed E-state index contributed by atoms with van der Waals surface area (Å²) in [4.78, 5) is 59.0. The van der Waals surface area contributed by atoms with Crippen LogP contribution < -0.4 is 10.8 Å². The molecule has 9 nitrogen and oxygen atoms in total. The van der Waals surface area contributed by atoms with E-state index in [0.717, 1.165) is 18.4 Å². The van der Waals surface area contributed by atoms with E-state index in [1.807, 2.05) is 0 Å². The number of nitrogens with zero attached hydrogens (tertiary/aromatic N) is 1. The predicted octanol–water partition coefficient (Wildman–Crippen LogP) is 5.60. The van der Waals surface area contributed by atoms with Gasteiger partial charge in [0.25, 0.3) is 11.8 Å². The Morgan fingerprint density at radius 2 is 1.66 bits per heavy atom. The van der Waals surface area contributed by atoms with Gasteiger partial charge in [-0.25, -0.2) is 5.48 Å². The van der Waals surface area contributed by atoms with Crippen molar-refractivity contribution in [3.05, 3.63) is 105 Å². The zero-order valence-electron chi connectivity index (χ0n) is 24.1. The summed E-state index contributed by atoms with van der Waals surface area (Å²) in [5.41, 5.74) is 5.47. The van der Waals surface area contributed by atoms with E-state index in [9.17, 15) is 19.2 Å². The van der Waals surface area contributed by atoms with Crippen molar-refractivity contribution < 1.29 is 29.1 Å². The highest BCUT2D eigenvalue weighted by Crippen LogP contribution is 2.47. The van der Waals surface area contributed by atoms with Crippen molar-refractivity contribution >= 4 is 46.9 Å². The maximum Gasteiger partial charge on any atom is 0.307 e. The minimum Gasteiger partial charge on any atom is -0.481 e. The second-order valence-electron chi connectivity index (χ2n) is 11.2. The highest BCUT2D eigenvalue weighted by atomic mass is 35.5. The summed E-state index contributed by atoms with van der Waals surface area (Å²) < 4.78 is 0. The number of hydrogen-bond acceptors (Lipinski definition) is 5. The first kappa shape index (κ1) is 31.5. The number of carboxylic acids is 1. The van der Waals surface area contributed by atoms with Gasteiger partial charge < -0.3 is 15.3 Å². The van der Waals surface area contributed by atoms with Crippen molar-refractivity contribution in [3.8, 4) is 0 Å². The lowest BCUT2D eigenvalue weighted by atomic mass is 9.76. The lowest BCUT2D eigenvalue weighted by molar-refractivity contribution is -0.138. The van der Waals surface area contributed by atoms with Crippen LogP contribution in [0.5, 0.6) is 0 Å². The summed E-state index contributed by atoms with van der Waals surface area (Å²) in [6.45, 7) is 1.50. The fourth-order valence-electron chi connectivity index (χ4n) is 6.33. The van der Waals surface area contributed by atoms with Gasteiger partial charge >= 0.3 is 5.97 Å². The number of carboxylic acid groups (broad SMARTS) is 1. The quantitative estimate of drug-likeness (QED) is 0.262. The van der Waals surface area contributed by atoms with E-state index >= 15 is 0 Å². The van der Waals surface area contributed by atoms with Crippen molar-refractivity contribution in [2.75, 3.05) is 0 Å². The summed E-state index contributed by atoms with van der Waals surface area (Å²) in [7, 11) is 0. The van der Waals surface area contributed by atoms with Gasteiger partial charge in [0.2, 0.25) is 5.91 Å². The van der Waals surface area contributed by atoms with Crippen molar-refractivity contribution in [1.82, 2.24) is 15.7 Å². The average molecular weight is 639 g/mol. The molecule has 0 saturated heterocycles. The van der Waals surface area contributed by atoms with Crippen LogP contribution in [0.25, 0.3) is 0 Å². The van der Waals surface area contributed by atoms with Crippen molar-refractivity contribution in [3.63, 3.8) is 0 Å². The zero-order valence-corrected chi connectivity index (χ0v) is 25.6. The molecule has 1 heterocycles. The molecule has 0 radical (unpaired) electrons. The van der Waals surface area contributed by atoms with Gasteiger partial charge in [-0.1, -0.05) is 84.6 Å². The molecule has 1 fully saturated rings. The van der Waals surface area contributed by atoms with Crippen LogP contribution in [0.4, 0.5) is 0 Å². The number of carbonyl (C=O) groups excluding carboxylic acids is 3. The summed E-state index contributed by atoms with van der Waals surface area (Å²) in [5, 5.41) is 12.8. The van der Waals surface area contributed by atoms with Gasteiger partial charge in [0.05, 0.1) is 31.0 Å². The monoisotopic (exact) mass is 637 g/mol. The van der Waals surface area contributed by atoms with E-state index < -0.39 is 23.8 Å². The summed E-state index contributed by atoms with van der Waals surface area (Å²) in [6, 6.07) is 17.4. The van der Waals surface area contributed by atoms with Gasteiger partial charge in [-0.2, -0.15) is 0 Å². The number of carbonyl (C=O) groups is 4. The Balaban J connectivity index is 1.51. The Labute approximate surface area is 265 Å². The van der Waals surface area contributed by atoms with Crippen molar-refractivity contribution in [1.29, 1.82) is 0 Å². The standard InChI is InChI=1S/C33H33Cl2N3O6/c1-19(39)36-27-8-4-5-9-28(27)38-31(25-15-14-22(34)17-26(25)35)30(23-6-2-3-7-24(23)33(38)43)32(42)37-44-18-21-12-10-20(11-13-21)16-29(40)41/h2-3,6-7,10-15,17,27-28,30-31H,4-5,8-9,16,18H2,1H3,(H,36,39)(H,37,42)(H,40,41)/t27-,28-,30+,31-/m0/s1. The van der Waals surface area contributed by atoms with Gasteiger partial charge in [0.15, 0.2) is 0 Å². The van der Waals surface area contributed by atoms with Crippen LogP contribution in [0.2, 0.25) is 10.0 Å². The summed E-state index contributed by atoms with van der Waals surface area (Å²) in [6.07, 6.45) is 3.01. The van der Waals surface area contributed by atoms with E-state index in [1.165, 1.54) is 6.92 Å². The van der Waals surface area contributed by atoms with Crippen LogP contribution >= 0.6 is 23.2 Å². The molecule has 0 bridgehead atoms. The predicted molar refractivity (Wildman–Crippen MR) is 165 cm³/mol. The van der Waals surface area contributed by atoms with Gasteiger partial charge in [-0.15, -0.1) is 0 Å². The Morgan fingerprint density at radius 3 is 2.36 bits per heavy atom. The molecule has 3 amide bonds. The highest BCUT2D eigenvalue weighted by Gasteiger charge is 2.49. The number of hydroxylamine groups is 1. The molecule has 2 aliphatic rings. The van der Waals surface area contributed by atoms with E-state index in [0.29, 0.717) is 45.1 Å².